The molecule has 8 nitrogen and oxygen atoms in total. The summed E-state index contributed by atoms with van der Waals surface area (Å²) < 4.78 is 26.4. The number of carbonyl (C=O) groups is 2. The zero-order valence-electron chi connectivity index (χ0n) is 18.1. The maximum absolute atomic E-state index is 12.8. The second-order valence-electron chi connectivity index (χ2n) is 6.59. The lowest BCUT2D eigenvalue weighted by Crippen LogP contribution is -2.13. The van der Waals surface area contributed by atoms with Crippen molar-refractivity contribution in [3.63, 3.8) is 0 Å². The van der Waals surface area contributed by atoms with Gasteiger partial charge in [-0.3, -0.25) is 0 Å². The second-order valence-corrected chi connectivity index (χ2v) is 7.00. The fourth-order valence-electron chi connectivity index (χ4n) is 3.57. The van der Waals surface area contributed by atoms with Gasteiger partial charge in [0.15, 0.2) is 23.0 Å². The van der Waals surface area contributed by atoms with Gasteiger partial charge in [0.25, 0.3) is 0 Å². The quantitative estimate of drug-likeness (QED) is 0.507. The molecule has 0 bridgehead atoms. The Bertz CT molecular complexity index is 1220. The van der Waals surface area contributed by atoms with E-state index in [4.69, 9.17) is 35.3 Å². The third-order valence-electron chi connectivity index (χ3n) is 4.99. The number of methoxy groups -OCH3 is 5. The Hall–Kier alpha value is -3.65. The molecule has 0 aliphatic carbocycles. The highest BCUT2D eigenvalue weighted by Gasteiger charge is 2.27. The first-order valence-electron chi connectivity index (χ1n) is 9.27. The van der Waals surface area contributed by atoms with Crippen molar-refractivity contribution < 1.29 is 38.4 Å². The minimum Gasteiger partial charge on any atom is -0.493 e. The fourth-order valence-corrected chi connectivity index (χ4v) is 3.86. The van der Waals surface area contributed by atoms with Gasteiger partial charge in [-0.15, -0.1) is 0 Å². The lowest BCUT2D eigenvalue weighted by Gasteiger charge is -2.19. The van der Waals surface area contributed by atoms with Crippen molar-refractivity contribution in [2.24, 2.45) is 0 Å². The number of carboxylic acids is 1. The number of hydrogen-bond donors (Lipinski definition) is 1. The van der Waals surface area contributed by atoms with Crippen molar-refractivity contribution >= 4 is 34.3 Å². The number of fused-ring (bicyclic) bond motifs is 1. The lowest BCUT2D eigenvalue weighted by molar-refractivity contribution is 0.0584. The third-order valence-corrected chi connectivity index (χ3v) is 5.27. The van der Waals surface area contributed by atoms with Crippen LogP contribution in [0.4, 0.5) is 0 Å². The first-order chi connectivity index (χ1) is 15.3. The summed E-state index contributed by atoms with van der Waals surface area (Å²) in [6.45, 7) is 0. The minimum absolute atomic E-state index is 0.136. The zero-order valence-corrected chi connectivity index (χ0v) is 18.8. The lowest BCUT2D eigenvalue weighted by atomic mass is 9.89. The molecule has 0 atom stereocenters. The first-order valence-corrected chi connectivity index (χ1v) is 9.65. The Morgan fingerprint density at radius 2 is 1.44 bits per heavy atom. The van der Waals surface area contributed by atoms with Gasteiger partial charge in [-0.25, -0.2) is 9.59 Å². The molecule has 0 spiro atoms. The molecule has 9 heteroatoms. The van der Waals surface area contributed by atoms with Gasteiger partial charge in [-0.1, -0.05) is 11.6 Å². The van der Waals surface area contributed by atoms with E-state index in [0.29, 0.717) is 39.3 Å². The first kappa shape index (κ1) is 23.0. The number of carboxylic acid groups (broad SMARTS) is 1. The number of rotatable bonds is 7. The molecule has 0 aliphatic heterocycles. The van der Waals surface area contributed by atoms with Crippen molar-refractivity contribution in [1.29, 1.82) is 0 Å². The summed E-state index contributed by atoms with van der Waals surface area (Å²) >= 11 is 6.41. The van der Waals surface area contributed by atoms with Crippen LogP contribution >= 0.6 is 11.6 Å². The number of hydrogen-bond acceptors (Lipinski definition) is 7. The highest BCUT2D eigenvalue weighted by atomic mass is 35.5. The molecule has 1 N–H and O–H groups in total. The second kappa shape index (κ2) is 9.23. The van der Waals surface area contributed by atoms with Gasteiger partial charge >= 0.3 is 11.9 Å². The van der Waals surface area contributed by atoms with E-state index in [1.54, 1.807) is 24.3 Å². The SMILES string of the molecule is COC(=O)c1c(C(=O)O)cc2cc(OC)c(OC)cc2c1-c1cc(Cl)c(OC)c(OC)c1. The standard InChI is InChI=1S/C23H21ClO8/c1-28-16-8-11-6-14(22(25)26)20(23(27)32-5)19(13(11)10-17(16)29-2)12-7-15(24)21(31-4)18(9-12)30-3/h6-10H,1-5H3,(H,25,26). The molecule has 0 aliphatic rings. The van der Waals surface area contributed by atoms with Crippen LogP contribution in [0.2, 0.25) is 5.02 Å². The molecule has 0 unspecified atom stereocenters. The number of halogens is 1. The van der Waals surface area contributed by atoms with Crippen LogP contribution in [0.3, 0.4) is 0 Å². The number of ether oxygens (including phenoxy) is 5. The molecule has 32 heavy (non-hydrogen) atoms. The van der Waals surface area contributed by atoms with Gasteiger partial charge in [-0.2, -0.15) is 0 Å². The molecule has 0 saturated carbocycles. The van der Waals surface area contributed by atoms with Gasteiger partial charge < -0.3 is 28.8 Å². The Balaban J connectivity index is 2.57. The average molecular weight is 461 g/mol. The van der Waals surface area contributed by atoms with Crippen molar-refractivity contribution in [1.82, 2.24) is 0 Å². The number of benzene rings is 3. The van der Waals surface area contributed by atoms with Gasteiger partial charge in [-0.05, 0) is 46.7 Å². The Kier molecular flexibility index (Phi) is 6.64. The topological polar surface area (TPSA) is 101 Å². The normalized spacial score (nSPS) is 10.6. The number of aromatic carboxylic acids is 1. The van der Waals surface area contributed by atoms with E-state index in [1.165, 1.54) is 41.6 Å². The molecule has 0 fully saturated rings. The molecule has 3 rings (SSSR count). The summed E-state index contributed by atoms with van der Waals surface area (Å²) in [7, 11) is 7.01. The van der Waals surface area contributed by atoms with Crippen LogP contribution in [-0.2, 0) is 4.74 Å². The zero-order chi connectivity index (χ0) is 23.6. The van der Waals surface area contributed by atoms with Gasteiger partial charge in [0.2, 0.25) is 0 Å². The summed E-state index contributed by atoms with van der Waals surface area (Å²) in [6.07, 6.45) is 0. The summed E-state index contributed by atoms with van der Waals surface area (Å²) in [5, 5.41) is 11.1. The molecule has 3 aromatic rings. The Morgan fingerprint density at radius 1 is 0.812 bits per heavy atom. The van der Waals surface area contributed by atoms with E-state index in [0.717, 1.165) is 0 Å². The average Bonchev–Trinajstić information content (AvgIpc) is 2.80. The predicted molar refractivity (Wildman–Crippen MR) is 119 cm³/mol. The van der Waals surface area contributed by atoms with Crippen molar-refractivity contribution in [2.45, 2.75) is 0 Å². The maximum atomic E-state index is 12.8. The van der Waals surface area contributed by atoms with Crippen LogP contribution < -0.4 is 18.9 Å². The molecule has 0 radical (unpaired) electrons. The summed E-state index contributed by atoms with van der Waals surface area (Å²) in [4.78, 5) is 24.9. The molecule has 0 saturated heterocycles. The van der Waals surface area contributed by atoms with E-state index in [-0.39, 0.29) is 21.7 Å². The Morgan fingerprint density at radius 3 is 1.97 bits per heavy atom. The van der Waals surface area contributed by atoms with Crippen molar-refractivity contribution in [3.05, 3.63) is 46.5 Å². The van der Waals surface area contributed by atoms with E-state index in [2.05, 4.69) is 0 Å². The smallest absolute Gasteiger partial charge is 0.339 e. The number of carbonyl (C=O) groups excluding carboxylic acids is 1. The van der Waals surface area contributed by atoms with E-state index in [9.17, 15) is 14.7 Å². The third kappa shape index (κ3) is 3.85. The maximum Gasteiger partial charge on any atom is 0.339 e. The molecule has 3 aromatic carbocycles. The van der Waals surface area contributed by atoms with E-state index < -0.39 is 11.9 Å². The van der Waals surface area contributed by atoms with E-state index in [1.807, 2.05) is 0 Å². The van der Waals surface area contributed by atoms with Crippen LogP contribution in [0, 0.1) is 0 Å². The van der Waals surface area contributed by atoms with Crippen LogP contribution in [0.25, 0.3) is 21.9 Å². The molecule has 168 valence electrons. The molecular formula is C23H21ClO8. The van der Waals surface area contributed by atoms with Gasteiger partial charge in [0.1, 0.15) is 0 Å². The highest BCUT2D eigenvalue weighted by molar-refractivity contribution is 6.33. The van der Waals surface area contributed by atoms with Crippen LogP contribution in [-0.4, -0.2) is 52.6 Å². The molecule has 0 amide bonds. The largest absolute Gasteiger partial charge is 0.493 e. The van der Waals surface area contributed by atoms with Gasteiger partial charge in [0, 0.05) is 5.56 Å². The molecule has 0 heterocycles. The number of esters is 1. The summed E-state index contributed by atoms with van der Waals surface area (Å²) in [6, 6.07) is 7.85. The van der Waals surface area contributed by atoms with E-state index >= 15 is 0 Å². The Labute approximate surface area is 189 Å². The molecule has 0 aromatic heterocycles. The monoisotopic (exact) mass is 460 g/mol. The molecular weight excluding hydrogens is 440 g/mol. The minimum atomic E-state index is -1.30. The van der Waals surface area contributed by atoms with Crippen LogP contribution in [0.1, 0.15) is 20.7 Å². The fraction of sp³-hybridized carbons (Fsp3) is 0.217. The summed E-state index contributed by atoms with van der Waals surface area (Å²) in [5.41, 5.74) is 0.337. The van der Waals surface area contributed by atoms with Crippen molar-refractivity contribution in [2.75, 3.05) is 35.5 Å². The van der Waals surface area contributed by atoms with Crippen LogP contribution in [0.5, 0.6) is 23.0 Å². The van der Waals surface area contributed by atoms with Crippen molar-refractivity contribution in [3.8, 4) is 34.1 Å². The highest BCUT2D eigenvalue weighted by Crippen LogP contribution is 2.45. The van der Waals surface area contributed by atoms with Gasteiger partial charge in [0.05, 0.1) is 51.7 Å². The summed E-state index contributed by atoms with van der Waals surface area (Å²) in [5.74, 6) is -0.712. The van der Waals surface area contributed by atoms with Crippen LogP contribution in [0.15, 0.2) is 30.3 Å². The predicted octanol–water partition coefficient (Wildman–Crippen LogP) is 4.68.